The molecule has 0 radical (unpaired) electrons. The van der Waals surface area contributed by atoms with Crippen molar-refractivity contribution in [3.8, 4) is 0 Å². The molecule has 0 fully saturated rings. The molecule has 7 nitrogen and oxygen atoms in total. The van der Waals surface area contributed by atoms with E-state index >= 15 is 0 Å². The zero-order valence-corrected chi connectivity index (χ0v) is 15.5. The molecule has 2 N–H and O–H groups in total. The molecule has 2 rings (SSSR count). The molecule has 0 aliphatic carbocycles. The highest BCUT2D eigenvalue weighted by molar-refractivity contribution is 7.89. The van der Waals surface area contributed by atoms with Crippen LogP contribution in [0, 0.1) is 5.82 Å². The maximum Gasteiger partial charge on any atom is 0.242 e. The van der Waals surface area contributed by atoms with Crippen molar-refractivity contribution in [2.45, 2.75) is 11.4 Å². The van der Waals surface area contributed by atoms with Crippen LogP contribution < -0.4 is 10.0 Å². The number of sulfonamides is 1. The van der Waals surface area contributed by atoms with Crippen LogP contribution in [0.5, 0.6) is 0 Å². The second-order valence-electron chi connectivity index (χ2n) is 5.54. The lowest BCUT2D eigenvalue weighted by Gasteiger charge is -2.22. The molecular formula is C17H22FN5O2S. The predicted octanol–water partition coefficient (Wildman–Crippen LogP) is 1.21. The lowest BCUT2D eigenvalue weighted by Crippen LogP contribution is -2.42. The average Bonchev–Trinajstić information content (AvgIpc) is 2.64. The molecule has 0 aliphatic rings. The van der Waals surface area contributed by atoms with E-state index in [9.17, 15) is 12.8 Å². The van der Waals surface area contributed by atoms with Gasteiger partial charge in [0, 0.05) is 46.1 Å². The standard InChI is InChI=1S/C17H22FN5O2S/c1-19-17(23(2)13-14-5-7-15(18)8-6-14)21-10-11-22-26(24,25)16-4-3-9-20-12-16/h3-9,12,22H,10-11,13H2,1-2H3,(H,19,21). The molecule has 1 aromatic carbocycles. The zero-order valence-electron chi connectivity index (χ0n) is 14.7. The molecule has 0 aliphatic heterocycles. The molecule has 1 aromatic heterocycles. The summed E-state index contributed by atoms with van der Waals surface area (Å²) in [5.74, 6) is 0.328. The Morgan fingerprint density at radius 1 is 1.23 bits per heavy atom. The number of rotatable bonds is 7. The third-order valence-electron chi connectivity index (χ3n) is 3.55. The largest absolute Gasteiger partial charge is 0.355 e. The first kappa shape index (κ1) is 19.8. The van der Waals surface area contributed by atoms with Gasteiger partial charge in [-0.25, -0.2) is 17.5 Å². The van der Waals surface area contributed by atoms with Crippen LogP contribution in [0.25, 0.3) is 0 Å². The van der Waals surface area contributed by atoms with Gasteiger partial charge in [-0.1, -0.05) is 12.1 Å². The maximum absolute atomic E-state index is 13.0. The molecule has 9 heteroatoms. The van der Waals surface area contributed by atoms with Crippen molar-refractivity contribution in [3.63, 3.8) is 0 Å². The van der Waals surface area contributed by atoms with Crippen molar-refractivity contribution in [1.29, 1.82) is 0 Å². The second-order valence-corrected chi connectivity index (χ2v) is 7.31. The van der Waals surface area contributed by atoms with E-state index in [1.807, 2.05) is 11.9 Å². The van der Waals surface area contributed by atoms with Crippen LogP contribution in [0.1, 0.15) is 5.56 Å². The summed E-state index contributed by atoms with van der Waals surface area (Å²) in [6.07, 6.45) is 2.81. The molecule has 0 saturated carbocycles. The first-order valence-corrected chi connectivity index (χ1v) is 9.46. The third-order valence-corrected chi connectivity index (χ3v) is 5.00. The molecule has 0 spiro atoms. The monoisotopic (exact) mass is 379 g/mol. The van der Waals surface area contributed by atoms with E-state index in [1.54, 1.807) is 25.2 Å². The van der Waals surface area contributed by atoms with Gasteiger partial charge in [0.2, 0.25) is 10.0 Å². The Hall–Kier alpha value is -2.52. The number of pyridine rings is 1. The van der Waals surface area contributed by atoms with Gasteiger partial charge < -0.3 is 10.2 Å². The number of guanidine groups is 1. The topological polar surface area (TPSA) is 86.7 Å². The van der Waals surface area contributed by atoms with Gasteiger partial charge in [-0.2, -0.15) is 0 Å². The number of hydrogen-bond acceptors (Lipinski definition) is 4. The van der Waals surface area contributed by atoms with Gasteiger partial charge in [0.1, 0.15) is 10.7 Å². The fourth-order valence-corrected chi connectivity index (χ4v) is 3.27. The predicted molar refractivity (Wildman–Crippen MR) is 98.7 cm³/mol. The number of benzene rings is 1. The smallest absolute Gasteiger partial charge is 0.242 e. The summed E-state index contributed by atoms with van der Waals surface area (Å²) in [5, 5.41) is 3.08. The van der Waals surface area contributed by atoms with Gasteiger partial charge in [0.15, 0.2) is 5.96 Å². The van der Waals surface area contributed by atoms with Crippen molar-refractivity contribution >= 4 is 16.0 Å². The Labute approximate surface area is 153 Å². The van der Waals surface area contributed by atoms with Gasteiger partial charge in [-0.3, -0.25) is 9.98 Å². The molecule has 1 heterocycles. The lowest BCUT2D eigenvalue weighted by molar-refractivity contribution is 0.476. The normalized spacial score (nSPS) is 12.0. The Balaban J connectivity index is 1.82. The first-order valence-electron chi connectivity index (χ1n) is 7.98. The maximum atomic E-state index is 13.0. The molecule has 140 valence electrons. The van der Waals surface area contributed by atoms with E-state index in [2.05, 4.69) is 20.0 Å². The Morgan fingerprint density at radius 2 is 1.96 bits per heavy atom. The van der Waals surface area contributed by atoms with E-state index in [1.165, 1.54) is 30.6 Å². The Bertz CT molecular complexity index is 826. The van der Waals surface area contributed by atoms with Gasteiger partial charge >= 0.3 is 0 Å². The van der Waals surface area contributed by atoms with E-state index in [0.717, 1.165) is 5.56 Å². The summed E-state index contributed by atoms with van der Waals surface area (Å²) in [6.45, 7) is 1.10. The van der Waals surface area contributed by atoms with Crippen LogP contribution in [0.15, 0.2) is 58.7 Å². The van der Waals surface area contributed by atoms with Crippen LogP contribution in [-0.2, 0) is 16.6 Å². The van der Waals surface area contributed by atoms with Crippen LogP contribution in [0.4, 0.5) is 4.39 Å². The number of aliphatic imine (C=N–C) groups is 1. The van der Waals surface area contributed by atoms with Gasteiger partial charge in [-0.05, 0) is 29.8 Å². The van der Waals surface area contributed by atoms with Crippen molar-refractivity contribution in [1.82, 2.24) is 19.9 Å². The molecule has 0 bridgehead atoms. The molecule has 2 aromatic rings. The molecule has 0 amide bonds. The second kappa shape index (κ2) is 9.25. The summed E-state index contributed by atoms with van der Waals surface area (Å²) in [7, 11) is -0.0914. The summed E-state index contributed by atoms with van der Waals surface area (Å²) in [6, 6.07) is 9.29. The molecule has 0 unspecified atom stereocenters. The van der Waals surface area contributed by atoms with E-state index in [4.69, 9.17) is 0 Å². The molecule has 26 heavy (non-hydrogen) atoms. The SMILES string of the molecule is CN=C(NCCNS(=O)(=O)c1cccnc1)N(C)Cc1ccc(F)cc1. The minimum atomic E-state index is -3.58. The highest BCUT2D eigenvalue weighted by atomic mass is 32.2. The minimum absolute atomic E-state index is 0.123. The number of aromatic nitrogens is 1. The lowest BCUT2D eigenvalue weighted by atomic mass is 10.2. The summed E-state index contributed by atoms with van der Waals surface area (Å²) >= 11 is 0. The van der Waals surface area contributed by atoms with Crippen molar-refractivity contribution in [2.24, 2.45) is 4.99 Å². The van der Waals surface area contributed by atoms with Gasteiger partial charge in [-0.15, -0.1) is 0 Å². The number of halogens is 1. The molecule has 0 atom stereocenters. The minimum Gasteiger partial charge on any atom is -0.355 e. The van der Waals surface area contributed by atoms with Crippen LogP contribution in [0.3, 0.4) is 0 Å². The number of nitrogens with one attached hydrogen (secondary N) is 2. The van der Waals surface area contributed by atoms with E-state index < -0.39 is 10.0 Å². The van der Waals surface area contributed by atoms with Gasteiger partial charge in [0.25, 0.3) is 0 Å². The summed E-state index contributed by atoms with van der Waals surface area (Å²) in [4.78, 5) is 9.96. The van der Waals surface area contributed by atoms with Crippen LogP contribution in [-0.4, -0.2) is 51.4 Å². The summed E-state index contributed by atoms with van der Waals surface area (Å²) < 4.78 is 39.7. The fourth-order valence-electron chi connectivity index (χ4n) is 2.27. The van der Waals surface area contributed by atoms with Crippen molar-refractivity contribution in [3.05, 3.63) is 60.2 Å². The Morgan fingerprint density at radius 3 is 2.58 bits per heavy atom. The number of nitrogens with zero attached hydrogens (tertiary/aromatic N) is 3. The van der Waals surface area contributed by atoms with Crippen LogP contribution >= 0.6 is 0 Å². The Kier molecular flexibility index (Phi) is 7.05. The molecule has 0 saturated heterocycles. The fraction of sp³-hybridized carbons (Fsp3) is 0.294. The molecular weight excluding hydrogens is 357 g/mol. The number of hydrogen-bond donors (Lipinski definition) is 2. The summed E-state index contributed by atoms with van der Waals surface area (Å²) in [5.41, 5.74) is 0.939. The van der Waals surface area contributed by atoms with E-state index in [-0.39, 0.29) is 17.3 Å². The van der Waals surface area contributed by atoms with Gasteiger partial charge in [0.05, 0.1) is 0 Å². The third kappa shape index (κ3) is 5.78. The highest BCUT2D eigenvalue weighted by Gasteiger charge is 2.13. The van der Waals surface area contributed by atoms with E-state index in [0.29, 0.717) is 19.0 Å². The van der Waals surface area contributed by atoms with Crippen molar-refractivity contribution in [2.75, 3.05) is 27.2 Å². The van der Waals surface area contributed by atoms with Crippen molar-refractivity contribution < 1.29 is 12.8 Å². The van der Waals surface area contributed by atoms with Crippen LogP contribution in [0.2, 0.25) is 0 Å². The quantitative estimate of drug-likeness (QED) is 0.429. The zero-order chi connectivity index (χ0) is 19.0. The highest BCUT2D eigenvalue weighted by Crippen LogP contribution is 2.06. The first-order chi connectivity index (χ1) is 12.4. The average molecular weight is 379 g/mol.